The lowest BCUT2D eigenvalue weighted by Gasteiger charge is -2.41. The number of amides is 1. The molecule has 0 heterocycles. The van der Waals surface area contributed by atoms with Crippen LogP contribution in [-0.4, -0.2) is 108 Å². The molecule has 51 heavy (non-hydrogen) atoms. The minimum Gasteiger partial charge on any atom is -0.393 e. The number of hydrogen-bond donors (Lipinski definition) is 9. The number of nitrogens with one attached hydrogen (secondary N) is 1. The molecule has 0 aromatic heterocycles. The monoisotopic (exact) mass is 753 g/mol. The Bertz CT molecular complexity index is 943. The first-order valence-electron chi connectivity index (χ1n) is 19.7. The van der Waals surface area contributed by atoms with Crippen LogP contribution in [0.15, 0.2) is 12.2 Å². The molecule has 1 fully saturated rings. The zero-order chi connectivity index (χ0) is 38.1. The van der Waals surface area contributed by atoms with Gasteiger partial charge in [-0.25, -0.2) is 4.57 Å². The van der Waals surface area contributed by atoms with E-state index >= 15 is 0 Å². The quantitative estimate of drug-likeness (QED) is 0.0267. The predicted octanol–water partition coefficient (Wildman–Crippen LogP) is 4.69. The van der Waals surface area contributed by atoms with E-state index in [0.717, 1.165) is 70.6 Å². The summed E-state index contributed by atoms with van der Waals surface area (Å²) in [6.45, 7) is 3.68. The highest BCUT2D eigenvalue weighted by Crippen LogP contribution is 2.47. The average molecular weight is 754 g/mol. The number of aliphatic hydroxyl groups is 7. The normalized spacial score (nSPS) is 25.5. The van der Waals surface area contributed by atoms with Crippen LogP contribution in [-0.2, 0) is 18.4 Å². The fourth-order valence-electron chi connectivity index (χ4n) is 6.30. The Morgan fingerprint density at radius 2 is 1.10 bits per heavy atom. The van der Waals surface area contributed by atoms with Gasteiger partial charge in [-0.05, 0) is 38.5 Å². The Labute approximate surface area is 306 Å². The number of phosphoric ester groups is 1. The Balaban J connectivity index is 2.56. The summed E-state index contributed by atoms with van der Waals surface area (Å²) < 4.78 is 22.7. The number of carbonyl (C=O) groups is 1. The SMILES string of the molecule is CCCCCCCCC/C=C\CCCCCC(O)CC(=O)NC(COP(=O)(O)OC1C(O)C(O)C(O)C(O)C1O)C(O)CCCCCCCCC. The third-order valence-electron chi connectivity index (χ3n) is 9.63. The van der Waals surface area contributed by atoms with Crippen LogP contribution >= 0.6 is 7.82 Å². The molecule has 0 aromatic rings. The Hall–Kier alpha value is -0.960. The molecule has 0 bridgehead atoms. The summed E-state index contributed by atoms with van der Waals surface area (Å²) in [7, 11) is -5.10. The molecule has 1 amide bonds. The van der Waals surface area contributed by atoms with Crippen molar-refractivity contribution in [1.29, 1.82) is 0 Å². The minimum atomic E-state index is -5.10. The van der Waals surface area contributed by atoms with Crippen molar-refractivity contribution in [3.63, 3.8) is 0 Å². The van der Waals surface area contributed by atoms with Gasteiger partial charge < -0.3 is 46.0 Å². The van der Waals surface area contributed by atoms with Gasteiger partial charge in [-0.1, -0.05) is 122 Å². The Morgan fingerprint density at radius 3 is 1.63 bits per heavy atom. The van der Waals surface area contributed by atoms with Crippen molar-refractivity contribution in [2.45, 2.75) is 210 Å². The maximum Gasteiger partial charge on any atom is 0.472 e. The lowest BCUT2D eigenvalue weighted by Crippen LogP contribution is -2.64. The molecular formula is C37H72NO12P. The summed E-state index contributed by atoms with van der Waals surface area (Å²) in [6.07, 6.45) is 11.7. The number of unbranched alkanes of at least 4 members (excludes halogenated alkanes) is 16. The lowest BCUT2D eigenvalue weighted by molar-refractivity contribution is -0.220. The van der Waals surface area contributed by atoms with Crippen LogP contribution in [0.5, 0.6) is 0 Å². The van der Waals surface area contributed by atoms with Gasteiger partial charge in [-0.2, -0.15) is 0 Å². The van der Waals surface area contributed by atoms with Gasteiger partial charge in [0.1, 0.15) is 36.6 Å². The maximum absolute atomic E-state index is 12.9. The number of allylic oxidation sites excluding steroid dienone is 2. The topological polar surface area (TPSA) is 226 Å². The van der Waals surface area contributed by atoms with E-state index < -0.39 is 75.2 Å². The predicted molar refractivity (Wildman–Crippen MR) is 197 cm³/mol. The van der Waals surface area contributed by atoms with E-state index in [-0.39, 0.29) is 12.8 Å². The van der Waals surface area contributed by atoms with Crippen molar-refractivity contribution in [3.8, 4) is 0 Å². The molecule has 0 aromatic carbocycles. The highest BCUT2D eigenvalue weighted by molar-refractivity contribution is 7.47. The van der Waals surface area contributed by atoms with E-state index in [1.54, 1.807) is 0 Å². The van der Waals surface area contributed by atoms with Crippen LogP contribution in [0.25, 0.3) is 0 Å². The zero-order valence-electron chi connectivity index (χ0n) is 31.3. The highest BCUT2D eigenvalue weighted by atomic mass is 31.2. The number of hydrogen-bond acceptors (Lipinski definition) is 11. The van der Waals surface area contributed by atoms with Crippen molar-refractivity contribution in [1.82, 2.24) is 5.32 Å². The van der Waals surface area contributed by atoms with Gasteiger partial charge in [-0.3, -0.25) is 13.8 Å². The van der Waals surface area contributed by atoms with E-state index in [1.807, 2.05) is 0 Å². The molecule has 0 radical (unpaired) electrons. The molecule has 1 aliphatic rings. The molecule has 302 valence electrons. The van der Waals surface area contributed by atoms with Gasteiger partial charge in [0.25, 0.3) is 0 Å². The fourth-order valence-corrected chi connectivity index (χ4v) is 7.26. The second kappa shape index (κ2) is 28.5. The van der Waals surface area contributed by atoms with E-state index in [0.29, 0.717) is 12.8 Å². The van der Waals surface area contributed by atoms with Crippen LogP contribution in [0.3, 0.4) is 0 Å². The van der Waals surface area contributed by atoms with Crippen LogP contribution in [0.4, 0.5) is 0 Å². The average Bonchev–Trinajstić information content (AvgIpc) is 3.09. The molecule has 8 unspecified atom stereocenters. The van der Waals surface area contributed by atoms with Gasteiger partial charge in [0.15, 0.2) is 0 Å². The Kier molecular flexibility index (Phi) is 26.8. The molecule has 1 rings (SSSR count). The molecule has 9 N–H and O–H groups in total. The molecule has 1 aliphatic carbocycles. The minimum absolute atomic E-state index is 0.231. The largest absolute Gasteiger partial charge is 0.472 e. The number of rotatable bonds is 31. The van der Waals surface area contributed by atoms with Gasteiger partial charge in [-0.15, -0.1) is 0 Å². The molecular weight excluding hydrogens is 681 g/mol. The first-order chi connectivity index (χ1) is 24.3. The molecule has 0 spiro atoms. The highest BCUT2D eigenvalue weighted by Gasteiger charge is 2.51. The second-order valence-electron chi connectivity index (χ2n) is 14.3. The van der Waals surface area contributed by atoms with Crippen LogP contribution in [0, 0.1) is 0 Å². The van der Waals surface area contributed by atoms with E-state index in [4.69, 9.17) is 9.05 Å². The van der Waals surface area contributed by atoms with Crippen LogP contribution in [0.2, 0.25) is 0 Å². The third-order valence-corrected chi connectivity index (χ3v) is 10.6. The smallest absolute Gasteiger partial charge is 0.393 e. The first-order valence-corrected chi connectivity index (χ1v) is 21.2. The molecule has 8 atom stereocenters. The van der Waals surface area contributed by atoms with E-state index in [2.05, 4.69) is 31.3 Å². The van der Waals surface area contributed by atoms with Crippen LogP contribution in [0.1, 0.15) is 155 Å². The zero-order valence-corrected chi connectivity index (χ0v) is 32.2. The molecule has 1 saturated carbocycles. The fraction of sp³-hybridized carbons (Fsp3) is 0.919. The molecule has 14 heteroatoms. The van der Waals surface area contributed by atoms with E-state index in [1.165, 1.54) is 44.9 Å². The molecule has 0 aliphatic heterocycles. The molecule has 13 nitrogen and oxygen atoms in total. The number of aliphatic hydroxyl groups excluding tert-OH is 7. The van der Waals surface area contributed by atoms with Crippen molar-refractivity contribution < 1.29 is 59.0 Å². The second-order valence-corrected chi connectivity index (χ2v) is 15.7. The summed E-state index contributed by atoms with van der Waals surface area (Å²) >= 11 is 0. The number of phosphoric acid groups is 1. The van der Waals surface area contributed by atoms with Crippen molar-refractivity contribution in [2.75, 3.05) is 6.61 Å². The maximum atomic E-state index is 12.9. The summed E-state index contributed by atoms with van der Waals surface area (Å²) in [5.41, 5.74) is 0. The first kappa shape index (κ1) is 48.1. The van der Waals surface area contributed by atoms with Crippen molar-refractivity contribution >= 4 is 13.7 Å². The standard InChI is InChI=1S/C37H72NO12P/c1-3-5-7-9-11-12-13-14-15-16-17-19-20-22-24-28(39)26-31(41)38-29(30(40)25-23-21-18-10-8-6-4-2)27-49-51(47,48)50-37-35(45)33(43)32(42)34(44)36(37)46/h15-16,28-30,32-37,39-40,42-46H,3-14,17-27H2,1-2H3,(H,38,41)(H,47,48)/b16-15-. The van der Waals surface area contributed by atoms with Crippen molar-refractivity contribution in [2.24, 2.45) is 0 Å². The summed E-state index contributed by atoms with van der Waals surface area (Å²) in [5, 5.41) is 74.0. The van der Waals surface area contributed by atoms with Gasteiger partial charge in [0, 0.05) is 0 Å². The van der Waals surface area contributed by atoms with Crippen LogP contribution < -0.4 is 5.32 Å². The summed E-state index contributed by atoms with van der Waals surface area (Å²) in [5.74, 6) is -0.574. The Morgan fingerprint density at radius 1 is 0.667 bits per heavy atom. The summed E-state index contributed by atoms with van der Waals surface area (Å²) in [4.78, 5) is 23.2. The van der Waals surface area contributed by atoms with Gasteiger partial charge in [0.2, 0.25) is 5.91 Å². The van der Waals surface area contributed by atoms with Gasteiger partial charge in [0.05, 0.1) is 31.3 Å². The number of carbonyl (C=O) groups excluding carboxylic acids is 1. The van der Waals surface area contributed by atoms with Gasteiger partial charge >= 0.3 is 7.82 Å². The third kappa shape index (κ3) is 21.5. The lowest BCUT2D eigenvalue weighted by atomic mass is 9.85. The van der Waals surface area contributed by atoms with E-state index in [9.17, 15) is 50.0 Å². The van der Waals surface area contributed by atoms with Crippen molar-refractivity contribution in [3.05, 3.63) is 12.2 Å². The molecule has 0 saturated heterocycles. The summed E-state index contributed by atoms with van der Waals surface area (Å²) in [6, 6.07) is -1.15.